The molecule has 1 aliphatic heterocycles. The van der Waals surface area contributed by atoms with E-state index in [1.807, 2.05) is 17.9 Å². The number of nitrogens with zero attached hydrogens (tertiary/aromatic N) is 5. The third kappa shape index (κ3) is 3.17. The number of hydrogen-bond donors (Lipinski definition) is 3. The van der Waals surface area contributed by atoms with Crippen molar-refractivity contribution in [2.75, 3.05) is 30.3 Å². The Morgan fingerprint density at radius 3 is 2.78 bits per heavy atom. The molecule has 0 bridgehead atoms. The van der Waals surface area contributed by atoms with E-state index < -0.39 is 0 Å². The molecule has 2 aromatic heterocycles. The van der Waals surface area contributed by atoms with Gasteiger partial charge in [-0.2, -0.15) is 5.10 Å². The van der Waals surface area contributed by atoms with Gasteiger partial charge in [0.25, 0.3) is 0 Å². The first kappa shape index (κ1) is 21.2. The highest BCUT2D eigenvalue weighted by Gasteiger charge is 2.66. The maximum Gasteiger partial charge on any atom is 0.154 e. The van der Waals surface area contributed by atoms with Crippen LogP contribution >= 0.6 is 23.2 Å². The monoisotopic (exact) mass is 470 g/mol. The highest BCUT2D eigenvalue weighted by Crippen LogP contribution is 2.62. The molecule has 0 spiro atoms. The second-order valence-corrected chi connectivity index (χ2v) is 9.29. The van der Waals surface area contributed by atoms with Crippen molar-refractivity contribution in [2.45, 2.75) is 11.8 Å². The molecule has 1 saturated heterocycles. The molecule has 10 heteroatoms. The summed E-state index contributed by atoms with van der Waals surface area (Å²) in [4.78, 5) is 11.2. The highest BCUT2D eigenvalue weighted by molar-refractivity contribution is 6.44. The number of aromatic nitrogens is 4. The molecule has 8 nitrogen and oxygen atoms in total. The van der Waals surface area contributed by atoms with E-state index in [0.717, 1.165) is 25.2 Å². The average Bonchev–Trinajstić information content (AvgIpc) is 3.24. The van der Waals surface area contributed by atoms with Gasteiger partial charge in [0.05, 0.1) is 27.6 Å². The Morgan fingerprint density at radius 1 is 1.28 bits per heavy atom. The molecule has 1 aromatic carbocycles. The Hall–Kier alpha value is -2.68. The van der Waals surface area contributed by atoms with E-state index in [9.17, 15) is 0 Å². The highest BCUT2D eigenvalue weighted by atomic mass is 35.5. The summed E-state index contributed by atoms with van der Waals surface area (Å²) in [7, 11) is 1.93. The fourth-order valence-corrected chi connectivity index (χ4v) is 5.59. The van der Waals surface area contributed by atoms with Crippen LogP contribution in [0.15, 0.2) is 36.7 Å². The molecule has 1 aliphatic carbocycles. The molecule has 0 radical (unpaired) electrons. The number of piperidine rings is 1. The van der Waals surface area contributed by atoms with E-state index in [1.165, 1.54) is 0 Å². The van der Waals surface area contributed by atoms with Crippen LogP contribution in [-0.2, 0) is 12.5 Å². The second kappa shape index (κ2) is 7.72. The van der Waals surface area contributed by atoms with Gasteiger partial charge >= 0.3 is 0 Å². The second-order valence-electron chi connectivity index (χ2n) is 8.51. The zero-order valence-electron chi connectivity index (χ0n) is 17.6. The minimum atomic E-state index is -0.0691. The summed E-state index contributed by atoms with van der Waals surface area (Å²) < 4.78 is 1.83. The van der Waals surface area contributed by atoms with Crippen LogP contribution < -0.4 is 16.4 Å². The molecule has 3 unspecified atom stereocenters. The van der Waals surface area contributed by atoms with Crippen LogP contribution in [0.1, 0.15) is 23.4 Å². The molecular weight excluding hydrogens is 447 g/mol. The van der Waals surface area contributed by atoms with E-state index in [2.05, 4.69) is 26.0 Å². The van der Waals surface area contributed by atoms with Gasteiger partial charge in [-0.15, -0.1) is 0 Å². The van der Waals surface area contributed by atoms with Gasteiger partial charge in [-0.25, -0.2) is 9.97 Å². The Kier molecular flexibility index (Phi) is 5.11. The van der Waals surface area contributed by atoms with Gasteiger partial charge < -0.3 is 16.4 Å². The first-order valence-electron chi connectivity index (χ1n) is 10.5. The minimum absolute atomic E-state index is 0.0691. The van der Waals surface area contributed by atoms with Crippen LogP contribution in [0.25, 0.3) is 0 Å². The van der Waals surface area contributed by atoms with E-state index >= 15 is 0 Å². The van der Waals surface area contributed by atoms with E-state index in [0.29, 0.717) is 39.8 Å². The smallest absolute Gasteiger partial charge is 0.154 e. The average molecular weight is 471 g/mol. The molecule has 2 fully saturated rings. The third-order valence-electron chi connectivity index (χ3n) is 6.92. The van der Waals surface area contributed by atoms with Crippen LogP contribution in [0.4, 0.5) is 11.6 Å². The summed E-state index contributed by atoms with van der Waals surface area (Å²) >= 11 is 12.4. The topological polar surface area (TPSA) is 123 Å². The van der Waals surface area contributed by atoms with E-state index in [-0.39, 0.29) is 22.6 Å². The van der Waals surface area contributed by atoms with Crippen LogP contribution in [0.3, 0.4) is 0 Å². The number of aryl methyl sites for hydroxylation is 1. The summed E-state index contributed by atoms with van der Waals surface area (Å²) in [6.07, 6.45) is 4.66. The maximum atomic E-state index is 8.51. The first-order chi connectivity index (χ1) is 15.4. The van der Waals surface area contributed by atoms with E-state index in [1.54, 1.807) is 24.4 Å². The van der Waals surface area contributed by atoms with Crippen LogP contribution in [0.5, 0.6) is 0 Å². The van der Waals surface area contributed by atoms with Gasteiger partial charge in [-0.05, 0) is 30.4 Å². The fraction of sp³-hybridized carbons (Fsp3) is 0.364. The van der Waals surface area contributed by atoms with Crippen molar-refractivity contribution in [1.82, 2.24) is 19.7 Å². The predicted molar refractivity (Wildman–Crippen MR) is 127 cm³/mol. The van der Waals surface area contributed by atoms with Crippen molar-refractivity contribution >= 4 is 40.5 Å². The normalized spacial score (nSPS) is 24.3. The maximum absolute atomic E-state index is 8.51. The first-order valence-corrected chi connectivity index (χ1v) is 11.2. The molecule has 166 valence electrons. The third-order valence-corrected chi connectivity index (χ3v) is 7.74. The Bertz CT molecular complexity index is 1210. The summed E-state index contributed by atoms with van der Waals surface area (Å²) in [6, 6.07) is 7.20. The number of fused-ring (bicyclic) bond motifs is 1. The summed E-state index contributed by atoms with van der Waals surface area (Å²) in [5, 5.41) is 13.8. The molecule has 2 aliphatic rings. The molecule has 3 atom stereocenters. The van der Waals surface area contributed by atoms with Crippen LogP contribution in [0, 0.1) is 17.2 Å². The number of nitrogens with two attached hydrogens (primary N) is 2. The van der Waals surface area contributed by atoms with Crippen molar-refractivity contribution in [3.63, 3.8) is 0 Å². The largest absolute Gasteiger partial charge is 0.382 e. The van der Waals surface area contributed by atoms with Crippen LogP contribution in [-0.4, -0.2) is 45.1 Å². The fourth-order valence-electron chi connectivity index (χ4n) is 5.20. The van der Waals surface area contributed by atoms with E-state index in [4.69, 9.17) is 40.1 Å². The van der Waals surface area contributed by atoms with Crippen molar-refractivity contribution in [3.8, 4) is 0 Å². The van der Waals surface area contributed by atoms with Crippen molar-refractivity contribution in [1.29, 1.82) is 5.41 Å². The molecule has 0 amide bonds. The van der Waals surface area contributed by atoms with Crippen molar-refractivity contribution < 1.29 is 0 Å². The van der Waals surface area contributed by atoms with Gasteiger partial charge in [0.2, 0.25) is 0 Å². The summed E-state index contributed by atoms with van der Waals surface area (Å²) in [5.41, 5.74) is 14.3. The molecule has 3 aromatic rings. The number of rotatable bonds is 5. The molecule has 3 heterocycles. The van der Waals surface area contributed by atoms with Crippen LogP contribution in [0.2, 0.25) is 10.0 Å². The Morgan fingerprint density at radius 2 is 2.09 bits per heavy atom. The van der Waals surface area contributed by atoms with Gasteiger partial charge in [-0.3, -0.25) is 10.1 Å². The number of nitrogen functional groups attached to an aromatic ring is 1. The molecule has 5 N–H and O–H groups in total. The quantitative estimate of drug-likeness (QED) is 0.492. The van der Waals surface area contributed by atoms with Gasteiger partial charge in [0.1, 0.15) is 11.5 Å². The lowest BCUT2D eigenvalue weighted by Gasteiger charge is -2.27. The zero-order chi connectivity index (χ0) is 22.6. The van der Waals surface area contributed by atoms with Crippen molar-refractivity contribution in [3.05, 3.63) is 63.7 Å². The summed E-state index contributed by atoms with van der Waals surface area (Å²) in [6.45, 7) is 2.25. The van der Waals surface area contributed by atoms with Gasteiger partial charge in [-0.1, -0.05) is 35.3 Å². The minimum Gasteiger partial charge on any atom is -0.382 e. The standard InChI is InChI=1S/C22H24Cl2N8/c1-31-7-6-16(30-31)22(11-25)13-5-8-32(10-14(13)22)17-9-28-20(21(27)29-17)19(26)12-3-2-4-15(23)18(12)24/h2-4,6-7,9,13-14,26H,5,8,10-11,25H2,1H3,(H2,27,29). The van der Waals surface area contributed by atoms with Gasteiger partial charge in [0.15, 0.2) is 5.82 Å². The number of nitrogens with one attached hydrogen (secondary N) is 1. The Labute approximate surface area is 196 Å². The van der Waals surface area contributed by atoms with Crippen molar-refractivity contribution in [2.24, 2.45) is 24.6 Å². The van der Waals surface area contributed by atoms with Gasteiger partial charge in [0, 0.05) is 43.9 Å². The number of halogens is 2. The Balaban J connectivity index is 1.37. The lowest BCUT2D eigenvalue weighted by Crippen LogP contribution is -2.33. The SMILES string of the molecule is Cn1ccc(C2(CN)C3CCN(c4cnc(C(=N)c5cccc(Cl)c5Cl)c(N)n4)CC32)n1. The number of benzene rings is 1. The summed E-state index contributed by atoms with van der Waals surface area (Å²) in [5.74, 6) is 1.84. The zero-order valence-corrected chi connectivity index (χ0v) is 19.1. The number of hydrogen-bond acceptors (Lipinski definition) is 7. The lowest BCUT2D eigenvalue weighted by molar-refractivity contribution is 0.544. The number of anilines is 2. The molecule has 5 rings (SSSR count). The molecule has 32 heavy (non-hydrogen) atoms. The lowest BCUT2D eigenvalue weighted by atomic mass is 9.97. The molecular formula is C22H24Cl2N8. The predicted octanol–water partition coefficient (Wildman–Crippen LogP) is 2.87. The molecule has 1 saturated carbocycles.